The summed E-state index contributed by atoms with van der Waals surface area (Å²) in [5.74, 6) is 0.534. The normalized spacial score (nSPS) is 18.7. The number of hydrogen-bond acceptors (Lipinski definition) is 6. The molecule has 0 spiro atoms. The lowest BCUT2D eigenvalue weighted by molar-refractivity contribution is -0.384. The second kappa shape index (κ2) is 9.28. The first-order chi connectivity index (χ1) is 14.6. The quantitative estimate of drug-likeness (QED) is 0.546. The van der Waals surface area contributed by atoms with Crippen molar-refractivity contribution >= 4 is 23.2 Å². The van der Waals surface area contributed by atoms with Crippen LogP contribution in [0, 0.1) is 27.8 Å². The number of benzene rings is 1. The highest BCUT2D eigenvalue weighted by Gasteiger charge is 2.33. The van der Waals surface area contributed by atoms with Gasteiger partial charge in [-0.05, 0) is 64.4 Å². The molecule has 1 aromatic carbocycles. The van der Waals surface area contributed by atoms with E-state index in [9.17, 15) is 19.3 Å². The smallest absolute Gasteiger partial charge is 0.410 e. The average Bonchev–Trinajstić information content (AvgIpc) is 2.72. The van der Waals surface area contributed by atoms with Gasteiger partial charge in [-0.15, -0.1) is 0 Å². The number of carbonyl (C=O) groups is 1. The highest BCUT2D eigenvalue weighted by Crippen LogP contribution is 2.37. The van der Waals surface area contributed by atoms with Crippen LogP contribution < -0.4 is 10.2 Å². The minimum atomic E-state index is -0.575. The molecule has 1 amide bonds. The van der Waals surface area contributed by atoms with E-state index < -0.39 is 16.3 Å². The molecule has 0 unspecified atom stereocenters. The van der Waals surface area contributed by atoms with Crippen LogP contribution in [0.25, 0.3) is 0 Å². The van der Waals surface area contributed by atoms with E-state index in [1.165, 1.54) is 6.07 Å². The van der Waals surface area contributed by atoms with E-state index in [-0.39, 0.29) is 11.8 Å². The molecule has 0 atom stereocenters. The Morgan fingerprint density at radius 2 is 1.68 bits per heavy atom. The number of anilines is 2. The number of nitrogens with zero attached hydrogens (tertiary/aromatic N) is 3. The summed E-state index contributed by atoms with van der Waals surface area (Å²) < 4.78 is 20.0. The number of hydrogen-bond donors (Lipinski definition) is 1. The van der Waals surface area contributed by atoms with Gasteiger partial charge < -0.3 is 19.9 Å². The van der Waals surface area contributed by atoms with Gasteiger partial charge in [0.25, 0.3) is 5.69 Å². The molecule has 172 valence electrons. The summed E-state index contributed by atoms with van der Waals surface area (Å²) in [7, 11) is 1.60. The molecule has 9 heteroatoms. The number of amides is 1. The molecule has 0 aliphatic carbocycles. The molecule has 0 bridgehead atoms. The number of piperidine rings is 2. The molecule has 2 aliphatic rings. The molecule has 0 aromatic heterocycles. The van der Waals surface area contributed by atoms with Gasteiger partial charge in [0, 0.05) is 33.2 Å². The van der Waals surface area contributed by atoms with Gasteiger partial charge in [0.05, 0.1) is 16.7 Å². The van der Waals surface area contributed by atoms with E-state index >= 15 is 0 Å². The fourth-order valence-electron chi connectivity index (χ4n) is 4.64. The number of nitrogens with one attached hydrogen (secondary N) is 1. The molecule has 1 N–H and O–H groups in total. The van der Waals surface area contributed by atoms with Crippen molar-refractivity contribution in [1.82, 2.24) is 4.90 Å². The van der Waals surface area contributed by atoms with Crippen LogP contribution in [0.1, 0.15) is 46.5 Å². The van der Waals surface area contributed by atoms with Gasteiger partial charge in [-0.1, -0.05) is 0 Å². The predicted molar refractivity (Wildman–Crippen MR) is 118 cm³/mol. The van der Waals surface area contributed by atoms with Crippen molar-refractivity contribution in [2.75, 3.05) is 43.4 Å². The highest BCUT2D eigenvalue weighted by molar-refractivity contribution is 5.70. The number of nitro groups is 1. The molecule has 0 radical (unpaired) electrons. The van der Waals surface area contributed by atoms with E-state index in [0.29, 0.717) is 36.3 Å². The number of carbonyl (C=O) groups excluding carboxylic acids is 1. The third-order valence-corrected chi connectivity index (χ3v) is 6.27. The fourth-order valence-corrected chi connectivity index (χ4v) is 4.64. The molecule has 0 saturated carbocycles. The monoisotopic (exact) mass is 436 g/mol. The van der Waals surface area contributed by atoms with E-state index in [4.69, 9.17) is 4.74 Å². The Balaban J connectivity index is 1.55. The number of rotatable bonds is 4. The maximum absolute atomic E-state index is 14.6. The number of nitro benzene ring substituents is 1. The molecule has 2 saturated heterocycles. The third-order valence-electron chi connectivity index (χ3n) is 6.27. The summed E-state index contributed by atoms with van der Waals surface area (Å²) in [6, 6.07) is 2.53. The SMILES string of the molecule is CNc1cc(N2CCC(C3CCN(C(=O)OC(C)(C)C)CC3)CC2)c(F)cc1[N+](=O)[O-]. The van der Waals surface area contributed by atoms with Crippen molar-refractivity contribution in [1.29, 1.82) is 0 Å². The lowest BCUT2D eigenvalue weighted by Crippen LogP contribution is -2.44. The van der Waals surface area contributed by atoms with Crippen LogP contribution in [0.2, 0.25) is 0 Å². The van der Waals surface area contributed by atoms with E-state index in [1.54, 1.807) is 11.9 Å². The Kier molecular flexibility index (Phi) is 6.91. The first kappa shape index (κ1) is 23.1. The third kappa shape index (κ3) is 5.57. The zero-order valence-electron chi connectivity index (χ0n) is 18.8. The predicted octanol–water partition coefficient (Wildman–Crippen LogP) is 4.64. The van der Waals surface area contributed by atoms with Gasteiger partial charge in [0.15, 0.2) is 5.82 Å². The van der Waals surface area contributed by atoms with Crippen LogP contribution in [0.3, 0.4) is 0 Å². The Hall–Kier alpha value is -2.58. The summed E-state index contributed by atoms with van der Waals surface area (Å²) in [4.78, 5) is 26.6. The van der Waals surface area contributed by atoms with Gasteiger partial charge >= 0.3 is 6.09 Å². The van der Waals surface area contributed by atoms with Crippen LogP contribution in [-0.2, 0) is 4.74 Å². The van der Waals surface area contributed by atoms with Gasteiger partial charge in [0.2, 0.25) is 0 Å². The fraction of sp³-hybridized carbons (Fsp3) is 0.682. The number of ether oxygens (including phenoxy) is 1. The molecular weight excluding hydrogens is 403 g/mol. The Bertz CT molecular complexity index is 810. The summed E-state index contributed by atoms with van der Waals surface area (Å²) in [6.07, 6.45) is 3.57. The zero-order chi connectivity index (χ0) is 22.8. The van der Waals surface area contributed by atoms with E-state index in [1.807, 2.05) is 25.7 Å². The molecular formula is C22H33FN4O4. The van der Waals surface area contributed by atoms with Crippen LogP contribution >= 0.6 is 0 Å². The average molecular weight is 437 g/mol. The molecule has 2 fully saturated rings. The van der Waals surface area contributed by atoms with Crippen molar-refractivity contribution < 1.29 is 18.8 Å². The molecule has 1 aromatic rings. The Morgan fingerprint density at radius 3 is 2.16 bits per heavy atom. The summed E-state index contributed by atoms with van der Waals surface area (Å²) in [6.45, 7) is 8.48. The Morgan fingerprint density at radius 1 is 1.13 bits per heavy atom. The summed E-state index contributed by atoms with van der Waals surface area (Å²) in [5, 5.41) is 13.9. The summed E-state index contributed by atoms with van der Waals surface area (Å²) >= 11 is 0. The van der Waals surface area contributed by atoms with Crippen LogP contribution in [0.4, 0.5) is 26.2 Å². The largest absolute Gasteiger partial charge is 0.444 e. The molecule has 2 heterocycles. The van der Waals surface area contributed by atoms with Crippen LogP contribution in [0.5, 0.6) is 0 Å². The lowest BCUT2D eigenvalue weighted by atomic mass is 9.79. The van der Waals surface area contributed by atoms with Gasteiger partial charge in [0.1, 0.15) is 11.3 Å². The first-order valence-electron chi connectivity index (χ1n) is 11.0. The Labute approximate surface area is 182 Å². The van der Waals surface area contributed by atoms with Crippen LogP contribution in [0.15, 0.2) is 12.1 Å². The van der Waals surface area contributed by atoms with Crippen molar-refractivity contribution in [3.63, 3.8) is 0 Å². The maximum atomic E-state index is 14.6. The van der Waals surface area contributed by atoms with Crippen molar-refractivity contribution in [3.05, 3.63) is 28.1 Å². The van der Waals surface area contributed by atoms with Crippen molar-refractivity contribution in [3.8, 4) is 0 Å². The molecule has 3 rings (SSSR count). The topological polar surface area (TPSA) is 88.0 Å². The summed E-state index contributed by atoms with van der Waals surface area (Å²) in [5.41, 5.74) is -0.0114. The van der Waals surface area contributed by atoms with Gasteiger partial charge in [-0.25, -0.2) is 9.18 Å². The minimum absolute atomic E-state index is 0.241. The first-order valence-corrected chi connectivity index (χ1v) is 11.0. The number of likely N-dealkylation sites (tertiary alicyclic amines) is 1. The zero-order valence-corrected chi connectivity index (χ0v) is 18.8. The van der Waals surface area contributed by atoms with Gasteiger partial charge in [-0.2, -0.15) is 0 Å². The van der Waals surface area contributed by atoms with Crippen LogP contribution in [-0.4, -0.2) is 54.7 Å². The number of halogens is 1. The second-order valence-corrected chi connectivity index (χ2v) is 9.46. The van der Waals surface area contributed by atoms with Crippen molar-refractivity contribution in [2.24, 2.45) is 11.8 Å². The second-order valence-electron chi connectivity index (χ2n) is 9.46. The minimum Gasteiger partial charge on any atom is -0.444 e. The molecule has 31 heavy (non-hydrogen) atoms. The molecule has 8 nitrogen and oxygen atoms in total. The van der Waals surface area contributed by atoms with Gasteiger partial charge in [-0.3, -0.25) is 10.1 Å². The lowest BCUT2D eigenvalue weighted by Gasteiger charge is -2.41. The van der Waals surface area contributed by atoms with E-state index in [0.717, 1.165) is 44.8 Å². The van der Waals surface area contributed by atoms with Crippen molar-refractivity contribution in [2.45, 2.75) is 52.1 Å². The maximum Gasteiger partial charge on any atom is 0.410 e. The highest BCUT2D eigenvalue weighted by atomic mass is 19.1. The standard InChI is InChI=1S/C22H33FN4O4/c1-22(2,3)31-21(28)26-11-7-16(8-12-26)15-5-9-25(10-6-15)19-14-18(24-4)20(27(29)30)13-17(19)23/h13-16,24H,5-12H2,1-4H3. The van der Waals surface area contributed by atoms with E-state index in [2.05, 4.69) is 5.32 Å². The molecule has 2 aliphatic heterocycles.